The molecule has 1 aromatic rings. The van der Waals surface area contributed by atoms with E-state index in [0.717, 1.165) is 12.2 Å². The third kappa shape index (κ3) is 4.35. The normalized spacial score (nSPS) is 12.7. The number of aromatic nitrogens is 1. The van der Waals surface area contributed by atoms with Crippen LogP contribution in [0.4, 0.5) is 0 Å². The van der Waals surface area contributed by atoms with Crippen LogP contribution in [0.3, 0.4) is 0 Å². The summed E-state index contributed by atoms with van der Waals surface area (Å²) in [5.74, 6) is 1.08. The van der Waals surface area contributed by atoms with Crippen molar-refractivity contribution in [3.05, 3.63) is 17.5 Å². The first-order valence-corrected chi connectivity index (χ1v) is 5.77. The van der Waals surface area contributed by atoms with Crippen molar-refractivity contribution < 1.29 is 14.4 Å². The lowest BCUT2D eigenvalue weighted by molar-refractivity contribution is 0.0685. The maximum atomic E-state index is 10.5. The van der Waals surface area contributed by atoms with Crippen LogP contribution >= 0.6 is 11.8 Å². The molecule has 0 bridgehead atoms. The molecule has 3 N–H and O–H groups in total. The Bertz CT molecular complexity index is 325. The Morgan fingerprint density at radius 1 is 1.80 bits per heavy atom. The molecule has 0 saturated carbocycles. The number of aromatic carboxylic acids is 1. The molecule has 1 unspecified atom stereocenters. The monoisotopic (exact) mass is 230 g/mol. The predicted octanol–water partition coefficient (Wildman–Crippen LogP) is 1.34. The van der Waals surface area contributed by atoms with Crippen molar-refractivity contribution in [2.75, 3.05) is 5.75 Å². The largest absolute Gasteiger partial charge is 0.476 e. The fourth-order valence-electron chi connectivity index (χ4n) is 0.924. The summed E-state index contributed by atoms with van der Waals surface area (Å²) in [4.78, 5) is 10.5. The molecule has 0 aliphatic rings. The van der Waals surface area contributed by atoms with Crippen molar-refractivity contribution in [2.45, 2.75) is 25.1 Å². The third-order valence-corrected chi connectivity index (χ3v) is 2.75. The van der Waals surface area contributed by atoms with Gasteiger partial charge in [-0.05, 0) is 19.1 Å². The Balaban J connectivity index is 2.29. The van der Waals surface area contributed by atoms with Gasteiger partial charge in [0.15, 0.2) is 5.69 Å². The summed E-state index contributed by atoms with van der Waals surface area (Å²) in [6.07, 6.45) is 0.935. The van der Waals surface area contributed by atoms with E-state index >= 15 is 0 Å². The second-order valence-corrected chi connectivity index (χ2v) is 4.41. The summed E-state index contributed by atoms with van der Waals surface area (Å²) in [6.45, 7) is 1.96. The zero-order chi connectivity index (χ0) is 11.3. The smallest absolute Gasteiger partial charge is 0.358 e. The highest BCUT2D eigenvalue weighted by molar-refractivity contribution is 7.98. The molecule has 0 saturated heterocycles. The summed E-state index contributed by atoms with van der Waals surface area (Å²) < 4.78 is 4.85. The van der Waals surface area contributed by atoms with Gasteiger partial charge in [0.25, 0.3) is 0 Å². The molecule has 1 atom stereocenters. The first-order valence-electron chi connectivity index (χ1n) is 4.62. The van der Waals surface area contributed by atoms with E-state index in [1.54, 1.807) is 11.8 Å². The van der Waals surface area contributed by atoms with Gasteiger partial charge in [-0.15, -0.1) is 0 Å². The number of rotatable bonds is 6. The highest BCUT2D eigenvalue weighted by atomic mass is 32.2. The van der Waals surface area contributed by atoms with Gasteiger partial charge in [-0.1, -0.05) is 5.16 Å². The average Bonchev–Trinajstić information content (AvgIpc) is 2.60. The number of nitrogens with zero attached hydrogens (tertiary/aromatic N) is 1. The first kappa shape index (κ1) is 12.1. The van der Waals surface area contributed by atoms with E-state index in [1.165, 1.54) is 6.07 Å². The molecule has 1 heterocycles. The van der Waals surface area contributed by atoms with Crippen LogP contribution in [-0.4, -0.2) is 28.0 Å². The van der Waals surface area contributed by atoms with Crippen LogP contribution in [0, 0.1) is 0 Å². The molecular weight excluding hydrogens is 216 g/mol. The lowest BCUT2D eigenvalue weighted by atomic mass is 10.3. The quantitative estimate of drug-likeness (QED) is 0.717. The van der Waals surface area contributed by atoms with Crippen molar-refractivity contribution in [3.8, 4) is 0 Å². The van der Waals surface area contributed by atoms with Gasteiger partial charge in [0.05, 0.1) is 5.75 Å². The van der Waals surface area contributed by atoms with Crippen molar-refractivity contribution in [2.24, 2.45) is 5.73 Å². The van der Waals surface area contributed by atoms with Crippen LogP contribution in [0.25, 0.3) is 0 Å². The van der Waals surface area contributed by atoms with Crippen molar-refractivity contribution >= 4 is 17.7 Å². The van der Waals surface area contributed by atoms with Crippen LogP contribution < -0.4 is 5.73 Å². The Labute approximate surface area is 92.0 Å². The SMILES string of the molecule is CC(N)CCSCc1cc(C(=O)O)no1. The molecule has 1 aromatic heterocycles. The lowest BCUT2D eigenvalue weighted by Crippen LogP contribution is -2.15. The van der Waals surface area contributed by atoms with E-state index < -0.39 is 5.97 Å². The third-order valence-electron chi connectivity index (χ3n) is 1.74. The molecule has 0 fully saturated rings. The van der Waals surface area contributed by atoms with Gasteiger partial charge in [-0.2, -0.15) is 11.8 Å². The predicted molar refractivity (Wildman–Crippen MR) is 57.9 cm³/mol. The lowest BCUT2D eigenvalue weighted by Gasteiger charge is -2.02. The number of carbonyl (C=O) groups is 1. The summed E-state index contributed by atoms with van der Waals surface area (Å²) in [7, 11) is 0. The Morgan fingerprint density at radius 3 is 3.07 bits per heavy atom. The highest BCUT2D eigenvalue weighted by Gasteiger charge is 2.10. The summed E-state index contributed by atoms with van der Waals surface area (Å²) >= 11 is 1.65. The molecule has 0 aliphatic heterocycles. The van der Waals surface area contributed by atoms with Crippen molar-refractivity contribution in [1.29, 1.82) is 0 Å². The number of carboxylic acids is 1. The van der Waals surface area contributed by atoms with E-state index in [4.69, 9.17) is 15.4 Å². The van der Waals surface area contributed by atoms with Gasteiger partial charge in [-0.3, -0.25) is 0 Å². The van der Waals surface area contributed by atoms with E-state index in [9.17, 15) is 4.79 Å². The summed E-state index contributed by atoms with van der Waals surface area (Å²) in [5.41, 5.74) is 5.55. The van der Waals surface area contributed by atoms with Crippen molar-refractivity contribution in [3.63, 3.8) is 0 Å². The van der Waals surface area contributed by atoms with E-state index in [0.29, 0.717) is 11.5 Å². The standard InChI is InChI=1S/C9H14N2O3S/c1-6(10)2-3-15-5-7-4-8(9(12)13)11-14-7/h4,6H,2-3,5,10H2,1H3,(H,12,13). The minimum absolute atomic E-state index is 0.0437. The zero-order valence-corrected chi connectivity index (χ0v) is 9.29. The van der Waals surface area contributed by atoms with Gasteiger partial charge in [-0.25, -0.2) is 4.79 Å². The minimum Gasteiger partial charge on any atom is -0.476 e. The number of hydrogen-bond acceptors (Lipinski definition) is 5. The van der Waals surface area contributed by atoms with Gasteiger partial charge in [0, 0.05) is 12.1 Å². The van der Waals surface area contributed by atoms with Crippen LogP contribution in [0.5, 0.6) is 0 Å². The molecule has 6 heteroatoms. The highest BCUT2D eigenvalue weighted by Crippen LogP contribution is 2.14. The fourth-order valence-corrected chi connectivity index (χ4v) is 1.94. The maximum Gasteiger partial charge on any atom is 0.358 e. The van der Waals surface area contributed by atoms with Crippen LogP contribution in [0.15, 0.2) is 10.6 Å². The molecule has 0 spiro atoms. The van der Waals surface area contributed by atoms with Crippen LogP contribution in [0.2, 0.25) is 0 Å². The zero-order valence-electron chi connectivity index (χ0n) is 8.47. The van der Waals surface area contributed by atoms with Gasteiger partial charge in [0.2, 0.25) is 0 Å². The molecule has 0 aromatic carbocycles. The molecule has 1 rings (SSSR count). The molecular formula is C9H14N2O3S. The number of carboxylic acid groups (broad SMARTS) is 1. The van der Waals surface area contributed by atoms with Gasteiger partial charge in [0.1, 0.15) is 5.76 Å². The van der Waals surface area contributed by atoms with Crippen LogP contribution in [0.1, 0.15) is 29.6 Å². The number of thioether (sulfide) groups is 1. The molecule has 84 valence electrons. The summed E-state index contributed by atoms with van der Waals surface area (Å²) in [6, 6.07) is 1.64. The molecule has 0 aliphatic carbocycles. The Hall–Kier alpha value is -1.01. The molecule has 0 amide bonds. The van der Waals surface area contributed by atoms with E-state index in [-0.39, 0.29) is 11.7 Å². The Kier molecular flexibility index (Phi) is 4.64. The molecule has 15 heavy (non-hydrogen) atoms. The van der Waals surface area contributed by atoms with Gasteiger partial charge < -0.3 is 15.4 Å². The molecule has 5 nitrogen and oxygen atoms in total. The fraction of sp³-hybridized carbons (Fsp3) is 0.556. The summed E-state index contributed by atoms with van der Waals surface area (Å²) in [5, 5.41) is 12.0. The second-order valence-electron chi connectivity index (χ2n) is 3.30. The molecule has 0 radical (unpaired) electrons. The van der Waals surface area contributed by atoms with E-state index in [1.807, 2.05) is 6.92 Å². The Morgan fingerprint density at radius 2 is 2.53 bits per heavy atom. The number of hydrogen-bond donors (Lipinski definition) is 2. The van der Waals surface area contributed by atoms with Crippen molar-refractivity contribution in [1.82, 2.24) is 5.16 Å². The van der Waals surface area contributed by atoms with E-state index in [2.05, 4.69) is 5.16 Å². The first-order chi connectivity index (χ1) is 7.09. The number of nitrogens with two attached hydrogens (primary N) is 1. The maximum absolute atomic E-state index is 10.5. The van der Waals surface area contributed by atoms with Gasteiger partial charge >= 0.3 is 5.97 Å². The topological polar surface area (TPSA) is 89.4 Å². The average molecular weight is 230 g/mol. The minimum atomic E-state index is -1.06. The van der Waals surface area contributed by atoms with Crippen LogP contribution in [-0.2, 0) is 5.75 Å². The second kappa shape index (κ2) is 5.77.